The van der Waals surface area contributed by atoms with Gasteiger partial charge in [-0.15, -0.1) is 11.3 Å². The van der Waals surface area contributed by atoms with Crippen LogP contribution < -0.4 is 5.32 Å². The molecule has 0 saturated carbocycles. The first-order chi connectivity index (χ1) is 12.1. The number of thiophene rings is 1. The van der Waals surface area contributed by atoms with Crippen LogP contribution in [0.3, 0.4) is 0 Å². The number of hydrogen-bond donors (Lipinski definition) is 1. The Morgan fingerprint density at radius 3 is 2.16 bits per heavy atom. The van der Waals surface area contributed by atoms with E-state index >= 15 is 0 Å². The third-order valence-electron chi connectivity index (χ3n) is 3.79. The van der Waals surface area contributed by atoms with Crippen molar-refractivity contribution in [2.45, 2.75) is 10.1 Å². The zero-order valence-electron chi connectivity index (χ0n) is 13.3. The van der Waals surface area contributed by atoms with Crippen molar-refractivity contribution in [2.24, 2.45) is 0 Å². The quantitative estimate of drug-likeness (QED) is 0.719. The Hall–Kier alpha value is -2.44. The van der Waals surface area contributed by atoms with E-state index in [4.69, 9.17) is 0 Å². The molecule has 0 saturated heterocycles. The maximum Gasteiger partial charge on any atom is 0.251 e. The highest BCUT2D eigenvalue weighted by Crippen LogP contribution is 2.31. The Labute approximate surface area is 151 Å². The molecule has 1 aromatic heterocycles. The average Bonchev–Trinajstić information content (AvgIpc) is 3.17. The molecule has 6 heteroatoms. The summed E-state index contributed by atoms with van der Waals surface area (Å²) >= 11 is 1.37. The second kappa shape index (κ2) is 7.63. The fourth-order valence-corrected chi connectivity index (χ4v) is 5.29. The Bertz CT molecular complexity index is 921. The van der Waals surface area contributed by atoms with E-state index in [2.05, 4.69) is 5.32 Å². The van der Waals surface area contributed by atoms with Crippen molar-refractivity contribution < 1.29 is 13.2 Å². The molecule has 0 bridgehead atoms. The third kappa shape index (κ3) is 3.97. The van der Waals surface area contributed by atoms with Crippen LogP contribution in [0.5, 0.6) is 0 Å². The molecule has 3 aromatic rings. The van der Waals surface area contributed by atoms with Gasteiger partial charge in [-0.2, -0.15) is 0 Å². The largest absolute Gasteiger partial charge is 0.350 e. The summed E-state index contributed by atoms with van der Waals surface area (Å²) in [6.45, 7) is 0.0193. The van der Waals surface area contributed by atoms with Crippen LogP contribution in [0, 0.1) is 0 Å². The van der Waals surface area contributed by atoms with Crippen molar-refractivity contribution in [1.82, 2.24) is 5.32 Å². The second-order valence-corrected chi connectivity index (χ2v) is 8.55. The highest BCUT2D eigenvalue weighted by Gasteiger charge is 2.30. The molecule has 3 rings (SSSR count). The van der Waals surface area contributed by atoms with Crippen LogP contribution in [0.2, 0.25) is 0 Å². The topological polar surface area (TPSA) is 63.2 Å². The van der Waals surface area contributed by atoms with Crippen LogP contribution in [0.1, 0.15) is 20.5 Å². The molecular weight excluding hydrogens is 354 g/mol. The molecule has 128 valence electrons. The minimum absolute atomic E-state index is 0.0193. The molecule has 0 aliphatic heterocycles. The molecule has 4 nitrogen and oxygen atoms in total. The molecule has 1 amide bonds. The Morgan fingerprint density at radius 1 is 0.920 bits per heavy atom. The number of rotatable bonds is 6. The van der Waals surface area contributed by atoms with Gasteiger partial charge in [-0.25, -0.2) is 8.42 Å². The van der Waals surface area contributed by atoms with Crippen molar-refractivity contribution in [3.63, 3.8) is 0 Å². The Kier molecular flexibility index (Phi) is 5.31. The van der Waals surface area contributed by atoms with Crippen LogP contribution in [-0.2, 0) is 9.84 Å². The van der Waals surface area contributed by atoms with E-state index in [9.17, 15) is 13.2 Å². The fourth-order valence-electron chi connectivity index (χ4n) is 2.49. The number of benzene rings is 2. The van der Waals surface area contributed by atoms with Gasteiger partial charge in [-0.3, -0.25) is 4.79 Å². The molecule has 1 N–H and O–H groups in total. The normalized spacial score (nSPS) is 12.5. The summed E-state index contributed by atoms with van der Waals surface area (Å²) in [6, 6.07) is 20.7. The zero-order valence-corrected chi connectivity index (χ0v) is 15.0. The fraction of sp³-hybridized carbons (Fsp3) is 0.105. The van der Waals surface area contributed by atoms with Gasteiger partial charge in [0.05, 0.1) is 4.90 Å². The number of sulfone groups is 1. The molecule has 25 heavy (non-hydrogen) atoms. The second-order valence-electron chi connectivity index (χ2n) is 5.44. The summed E-state index contributed by atoms with van der Waals surface area (Å²) in [5, 5.41) is 3.77. The Balaban J connectivity index is 1.86. The van der Waals surface area contributed by atoms with Crippen LogP contribution in [0.25, 0.3) is 0 Å². The molecule has 0 spiro atoms. The van der Waals surface area contributed by atoms with Gasteiger partial charge in [0.1, 0.15) is 5.25 Å². The van der Waals surface area contributed by atoms with E-state index in [0.717, 1.165) is 0 Å². The summed E-state index contributed by atoms with van der Waals surface area (Å²) in [4.78, 5) is 13.2. The van der Waals surface area contributed by atoms with E-state index in [1.165, 1.54) is 11.3 Å². The van der Waals surface area contributed by atoms with Crippen LogP contribution in [-0.4, -0.2) is 20.9 Å². The van der Waals surface area contributed by atoms with Crippen molar-refractivity contribution in [1.29, 1.82) is 0 Å². The van der Waals surface area contributed by atoms with Crippen LogP contribution in [0.15, 0.2) is 83.1 Å². The molecule has 1 heterocycles. The van der Waals surface area contributed by atoms with Gasteiger partial charge in [0.25, 0.3) is 5.91 Å². The third-order valence-corrected chi connectivity index (χ3v) is 7.02. The van der Waals surface area contributed by atoms with Crippen molar-refractivity contribution in [3.8, 4) is 0 Å². The molecule has 0 aliphatic carbocycles. The van der Waals surface area contributed by atoms with E-state index in [-0.39, 0.29) is 17.3 Å². The minimum atomic E-state index is -3.61. The monoisotopic (exact) mass is 371 g/mol. The van der Waals surface area contributed by atoms with Gasteiger partial charge in [0, 0.05) is 17.0 Å². The predicted octanol–water partition coefficient (Wildman–Crippen LogP) is 3.69. The number of amides is 1. The summed E-state index contributed by atoms with van der Waals surface area (Å²) < 4.78 is 26.1. The van der Waals surface area contributed by atoms with Gasteiger partial charge in [-0.1, -0.05) is 42.5 Å². The van der Waals surface area contributed by atoms with E-state index in [1.807, 2.05) is 17.5 Å². The smallest absolute Gasteiger partial charge is 0.251 e. The van der Waals surface area contributed by atoms with Crippen molar-refractivity contribution in [3.05, 3.63) is 88.6 Å². The molecule has 2 aromatic carbocycles. The van der Waals surface area contributed by atoms with Crippen LogP contribution in [0.4, 0.5) is 0 Å². The molecule has 0 radical (unpaired) electrons. The average molecular weight is 371 g/mol. The maximum atomic E-state index is 13.0. The summed E-state index contributed by atoms with van der Waals surface area (Å²) in [5.41, 5.74) is 0.504. The van der Waals surface area contributed by atoms with Gasteiger partial charge in [-0.05, 0) is 35.7 Å². The minimum Gasteiger partial charge on any atom is -0.350 e. The predicted molar refractivity (Wildman–Crippen MR) is 99.5 cm³/mol. The lowest BCUT2D eigenvalue weighted by molar-refractivity contribution is 0.0953. The molecule has 0 aliphatic rings. The van der Waals surface area contributed by atoms with E-state index in [0.29, 0.717) is 10.4 Å². The first-order valence-corrected chi connectivity index (χ1v) is 10.2. The first kappa shape index (κ1) is 17.4. The Morgan fingerprint density at radius 2 is 1.56 bits per heavy atom. The number of carbonyl (C=O) groups excluding carboxylic acids is 1. The van der Waals surface area contributed by atoms with Crippen molar-refractivity contribution in [2.75, 3.05) is 6.54 Å². The maximum absolute atomic E-state index is 13.0. The van der Waals surface area contributed by atoms with Gasteiger partial charge >= 0.3 is 0 Å². The highest BCUT2D eigenvalue weighted by atomic mass is 32.2. The standard InChI is InChI=1S/C19H17NO3S2/c21-19(15-8-3-1-4-9-15)20-14-18(17-12-7-13-24-17)25(22,23)16-10-5-2-6-11-16/h1-13,18H,14H2,(H,20,21). The SMILES string of the molecule is O=C(NCC(c1cccs1)S(=O)(=O)c1ccccc1)c1ccccc1. The zero-order chi connectivity index (χ0) is 17.7. The molecule has 1 unspecified atom stereocenters. The molecular formula is C19H17NO3S2. The first-order valence-electron chi connectivity index (χ1n) is 7.74. The lowest BCUT2D eigenvalue weighted by Gasteiger charge is -2.17. The lowest BCUT2D eigenvalue weighted by Crippen LogP contribution is -2.31. The molecule has 0 fully saturated rings. The van der Waals surface area contributed by atoms with Crippen molar-refractivity contribution >= 4 is 27.1 Å². The summed E-state index contributed by atoms with van der Waals surface area (Å²) in [6.07, 6.45) is 0. The summed E-state index contributed by atoms with van der Waals surface area (Å²) in [5.74, 6) is -0.287. The van der Waals surface area contributed by atoms with Gasteiger partial charge < -0.3 is 5.32 Å². The number of carbonyl (C=O) groups is 1. The number of hydrogen-bond acceptors (Lipinski definition) is 4. The van der Waals surface area contributed by atoms with E-state index in [1.54, 1.807) is 60.7 Å². The van der Waals surface area contributed by atoms with Gasteiger partial charge in [0.15, 0.2) is 9.84 Å². The number of nitrogens with one attached hydrogen (secondary N) is 1. The van der Waals surface area contributed by atoms with Gasteiger partial charge in [0.2, 0.25) is 0 Å². The molecule has 1 atom stereocenters. The van der Waals surface area contributed by atoms with E-state index < -0.39 is 15.1 Å². The highest BCUT2D eigenvalue weighted by molar-refractivity contribution is 7.91. The van der Waals surface area contributed by atoms with Crippen LogP contribution >= 0.6 is 11.3 Å². The lowest BCUT2D eigenvalue weighted by atomic mass is 10.2. The summed E-state index contributed by atoms with van der Waals surface area (Å²) in [7, 11) is -3.61.